The van der Waals surface area contributed by atoms with E-state index >= 15 is 0 Å². The standard InChI is InChI=1S/C57H41NO/c1-57(2)52-23-13-12-21-48(52)49-33-30-44(36-53(49)57)58(43-28-25-40(26-29-43)38-15-6-3-7-16-38)45-31-34-50-47-32-27-42(39-17-8-4-9-18-39)35-51(47)56-46(41-19-10-5-11-20-41)22-14-24-54(56)59-55(50)37-45/h3-37H,1-2H3. The molecule has 0 saturated heterocycles. The molecule has 1 aliphatic heterocycles. The van der Waals surface area contributed by atoms with Gasteiger partial charge in [0.2, 0.25) is 0 Å². The molecule has 0 radical (unpaired) electrons. The molecule has 2 nitrogen and oxygen atoms in total. The van der Waals surface area contributed by atoms with Crippen molar-refractivity contribution in [3.8, 4) is 78.3 Å². The Morgan fingerprint density at radius 3 is 1.58 bits per heavy atom. The monoisotopic (exact) mass is 755 g/mol. The maximum atomic E-state index is 7.15. The van der Waals surface area contributed by atoms with Crippen LogP contribution in [0.1, 0.15) is 25.0 Å². The molecule has 0 amide bonds. The predicted octanol–water partition coefficient (Wildman–Crippen LogP) is 15.9. The Morgan fingerprint density at radius 2 is 0.847 bits per heavy atom. The van der Waals surface area contributed by atoms with Crippen molar-refractivity contribution in [2.45, 2.75) is 19.3 Å². The molecule has 0 N–H and O–H groups in total. The van der Waals surface area contributed by atoms with Gasteiger partial charge in [0.25, 0.3) is 0 Å². The summed E-state index contributed by atoms with van der Waals surface area (Å²) in [5.74, 6) is 1.66. The Kier molecular flexibility index (Phi) is 8.20. The number of benzene rings is 9. The van der Waals surface area contributed by atoms with Crippen LogP contribution in [0.25, 0.3) is 66.8 Å². The topological polar surface area (TPSA) is 12.5 Å². The zero-order valence-corrected chi connectivity index (χ0v) is 33.1. The summed E-state index contributed by atoms with van der Waals surface area (Å²) >= 11 is 0. The Bertz CT molecular complexity index is 3020. The maximum absolute atomic E-state index is 7.15. The lowest BCUT2D eigenvalue weighted by atomic mass is 9.82. The third-order valence-electron chi connectivity index (χ3n) is 12.3. The number of rotatable bonds is 6. The van der Waals surface area contributed by atoms with Gasteiger partial charge in [-0.15, -0.1) is 0 Å². The van der Waals surface area contributed by atoms with Gasteiger partial charge in [-0.2, -0.15) is 0 Å². The highest BCUT2D eigenvalue weighted by Gasteiger charge is 2.36. The first-order valence-electron chi connectivity index (χ1n) is 20.4. The first kappa shape index (κ1) is 34.8. The smallest absolute Gasteiger partial charge is 0.137 e. The van der Waals surface area contributed by atoms with Crippen LogP contribution in [-0.4, -0.2) is 0 Å². The number of ether oxygens (including phenoxy) is 1. The van der Waals surface area contributed by atoms with Crippen molar-refractivity contribution >= 4 is 17.1 Å². The molecule has 0 atom stereocenters. The lowest BCUT2D eigenvalue weighted by Gasteiger charge is -2.29. The third kappa shape index (κ3) is 5.87. The molecule has 0 fully saturated rings. The minimum Gasteiger partial charge on any atom is -0.456 e. The quantitative estimate of drug-likeness (QED) is 0.168. The Morgan fingerprint density at radius 1 is 0.322 bits per heavy atom. The molecule has 2 aliphatic rings. The van der Waals surface area contributed by atoms with Crippen molar-refractivity contribution < 1.29 is 4.74 Å². The normalized spacial score (nSPS) is 12.8. The third-order valence-corrected chi connectivity index (χ3v) is 12.3. The highest BCUT2D eigenvalue weighted by Crippen LogP contribution is 2.54. The summed E-state index contributed by atoms with van der Waals surface area (Å²) in [5.41, 5.74) is 19.9. The Balaban J connectivity index is 1.10. The number of hydrogen-bond donors (Lipinski definition) is 0. The van der Waals surface area contributed by atoms with Crippen molar-refractivity contribution in [3.63, 3.8) is 0 Å². The molecule has 0 spiro atoms. The number of anilines is 3. The van der Waals surface area contributed by atoms with Crippen molar-refractivity contribution in [2.75, 3.05) is 4.90 Å². The van der Waals surface area contributed by atoms with Gasteiger partial charge in [0.05, 0.1) is 0 Å². The van der Waals surface area contributed by atoms with E-state index in [1.54, 1.807) is 0 Å². The van der Waals surface area contributed by atoms with Gasteiger partial charge in [0.15, 0.2) is 0 Å². The summed E-state index contributed by atoms with van der Waals surface area (Å²) in [6, 6.07) is 76.7. The average Bonchev–Trinajstić information content (AvgIpc) is 3.42. The second-order valence-corrected chi connectivity index (χ2v) is 16.1. The van der Waals surface area contributed by atoms with Crippen LogP contribution < -0.4 is 9.64 Å². The summed E-state index contributed by atoms with van der Waals surface area (Å²) in [7, 11) is 0. The molecular weight excluding hydrogens is 715 g/mol. The van der Waals surface area contributed by atoms with E-state index in [0.717, 1.165) is 61.9 Å². The van der Waals surface area contributed by atoms with E-state index in [4.69, 9.17) is 4.74 Å². The summed E-state index contributed by atoms with van der Waals surface area (Å²) in [5, 5.41) is 0. The molecule has 2 heteroatoms. The van der Waals surface area contributed by atoms with Gasteiger partial charge >= 0.3 is 0 Å². The molecule has 0 aromatic heterocycles. The van der Waals surface area contributed by atoms with Crippen LogP contribution in [0.2, 0.25) is 0 Å². The van der Waals surface area contributed by atoms with Crippen molar-refractivity contribution in [1.29, 1.82) is 0 Å². The molecule has 280 valence electrons. The van der Waals surface area contributed by atoms with Crippen molar-refractivity contribution in [1.82, 2.24) is 0 Å². The molecule has 1 aliphatic carbocycles. The maximum Gasteiger partial charge on any atom is 0.137 e. The first-order valence-corrected chi connectivity index (χ1v) is 20.4. The minimum absolute atomic E-state index is 0.135. The Labute approximate surface area is 346 Å². The number of fused-ring (bicyclic) bond motifs is 8. The highest BCUT2D eigenvalue weighted by atomic mass is 16.5. The van der Waals surface area contributed by atoms with Crippen LogP contribution in [-0.2, 0) is 5.41 Å². The fraction of sp³-hybridized carbons (Fsp3) is 0.0526. The van der Waals surface area contributed by atoms with E-state index in [9.17, 15) is 0 Å². The van der Waals surface area contributed by atoms with Gasteiger partial charge in [-0.25, -0.2) is 0 Å². The molecule has 0 saturated carbocycles. The fourth-order valence-electron chi connectivity index (χ4n) is 9.34. The molecule has 9 aromatic carbocycles. The molecule has 0 bridgehead atoms. The van der Waals surface area contributed by atoms with Crippen molar-refractivity contribution in [3.05, 3.63) is 223 Å². The van der Waals surface area contributed by atoms with Gasteiger partial charge in [-0.3, -0.25) is 0 Å². The van der Waals surface area contributed by atoms with Crippen LogP contribution >= 0.6 is 0 Å². The van der Waals surface area contributed by atoms with E-state index < -0.39 is 0 Å². The summed E-state index contributed by atoms with van der Waals surface area (Å²) in [4.78, 5) is 2.38. The van der Waals surface area contributed by atoms with Gasteiger partial charge < -0.3 is 9.64 Å². The van der Waals surface area contributed by atoms with E-state index in [0.29, 0.717) is 0 Å². The van der Waals surface area contributed by atoms with E-state index in [-0.39, 0.29) is 5.41 Å². The molecule has 0 unspecified atom stereocenters. The second kappa shape index (κ2) is 13.9. The average molecular weight is 756 g/mol. The lowest BCUT2D eigenvalue weighted by Crippen LogP contribution is -2.16. The van der Waals surface area contributed by atoms with E-state index in [1.807, 2.05) is 0 Å². The number of nitrogens with zero attached hydrogens (tertiary/aromatic N) is 1. The predicted molar refractivity (Wildman–Crippen MR) is 246 cm³/mol. The van der Waals surface area contributed by atoms with Crippen LogP contribution in [0.5, 0.6) is 11.5 Å². The lowest BCUT2D eigenvalue weighted by molar-refractivity contribution is 0.488. The molecule has 59 heavy (non-hydrogen) atoms. The zero-order valence-electron chi connectivity index (χ0n) is 33.1. The van der Waals surface area contributed by atoms with Gasteiger partial charge in [0, 0.05) is 39.7 Å². The summed E-state index contributed by atoms with van der Waals surface area (Å²) in [6.45, 7) is 4.69. The fourth-order valence-corrected chi connectivity index (χ4v) is 9.34. The first-order chi connectivity index (χ1) is 29.0. The van der Waals surface area contributed by atoms with E-state index in [2.05, 4.69) is 231 Å². The van der Waals surface area contributed by atoms with Gasteiger partial charge in [0.1, 0.15) is 11.5 Å². The summed E-state index contributed by atoms with van der Waals surface area (Å²) in [6.07, 6.45) is 0. The van der Waals surface area contributed by atoms with Gasteiger partial charge in [-0.05, 0) is 115 Å². The van der Waals surface area contributed by atoms with Crippen LogP contribution in [0.15, 0.2) is 212 Å². The molecular formula is C57H41NO. The van der Waals surface area contributed by atoms with Crippen LogP contribution in [0, 0.1) is 0 Å². The van der Waals surface area contributed by atoms with Crippen LogP contribution in [0.3, 0.4) is 0 Å². The highest BCUT2D eigenvalue weighted by molar-refractivity contribution is 5.99. The van der Waals surface area contributed by atoms with Gasteiger partial charge in [-0.1, -0.05) is 172 Å². The van der Waals surface area contributed by atoms with Crippen molar-refractivity contribution in [2.24, 2.45) is 0 Å². The molecule has 9 aromatic rings. The SMILES string of the molecule is CC1(C)c2ccccc2-c2ccc(N(c3ccc(-c4ccccc4)cc3)c3ccc4c(c3)Oc3cccc(-c5ccccc5)c3-c3cc(-c5ccccc5)ccc3-4)cc21. The second-order valence-electron chi connectivity index (χ2n) is 16.1. The largest absolute Gasteiger partial charge is 0.456 e. The van der Waals surface area contributed by atoms with E-state index in [1.165, 1.54) is 44.5 Å². The Hall–Kier alpha value is -7.42. The number of hydrogen-bond acceptors (Lipinski definition) is 2. The molecule has 1 heterocycles. The molecule has 11 rings (SSSR count). The minimum atomic E-state index is -0.135. The summed E-state index contributed by atoms with van der Waals surface area (Å²) < 4.78 is 7.15. The zero-order chi connectivity index (χ0) is 39.5. The van der Waals surface area contributed by atoms with Crippen LogP contribution in [0.4, 0.5) is 17.1 Å².